The van der Waals surface area contributed by atoms with Crippen molar-refractivity contribution < 1.29 is 27.9 Å². The molecule has 1 aromatic rings. The number of thioether (sulfide) groups is 1. The maximum absolute atomic E-state index is 11.8. The minimum atomic E-state index is -4.36. The van der Waals surface area contributed by atoms with E-state index in [9.17, 15) is 22.8 Å². The van der Waals surface area contributed by atoms with Crippen LogP contribution in [-0.2, 0) is 0 Å². The standard InChI is InChI=1S/C10H9F3N2O3S/c11-10(12,13)19-5-4-15-8(16)7-6(9(17)18)2-1-3-14-7/h1-3H,4-5H2,(H,15,16)(H,17,18). The van der Waals surface area contributed by atoms with Crippen LogP contribution in [0, 0.1) is 0 Å². The Balaban J connectivity index is 2.57. The molecule has 0 radical (unpaired) electrons. The molecule has 0 aliphatic rings. The molecule has 1 heterocycles. The smallest absolute Gasteiger partial charge is 0.441 e. The molecule has 0 saturated carbocycles. The number of amides is 1. The summed E-state index contributed by atoms with van der Waals surface area (Å²) in [7, 11) is 0. The highest BCUT2D eigenvalue weighted by Gasteiger charge is 2.27. The molecule has 1 rings (SSSR count). The summed E-state index contributed by atoms with van der Waals surface area (Å²) in [6, 6.07) is 2.54. The number of alkyl halides is 3. The number of carbonyl (C=O) groups excluding carboxylic acids is 1. The molecule has 5 nitrogen and oxygen atoms in total. The van der Waals surface area contributed by atoms with Gasteiger partial charge in [-0.2, -0.15) is 13.2 Å². The number of hydrogen-bond donors (Lipinski definition) is 2. The fraction of sp³-hybridized carbons (Fsp3) is 0.300. The van der Waals surface area contributed by atoms with Crippen molar-refractivity contribution in [2.75, 3.05) is 12.3 Å². The lowest BCUT2D eigenvalue weighted by Crippen LogP contribution is -2.29. The highest BCUT2D eigenvalue weighted by Crippen LogP contribution is 2.29. The Morgan fingerprint density at radius 2 is 2.11 bits per heavy atom. The van der Waals surface area contributed by atoms with E-state index in [2.05, 4.69) is 10.3 Å². The van der Waals surface area contributed by atoms with Gasteiger partial charge >= 0.3 is 11.5 Å². The molecule has 19 heavy (non-hydrogen) atoms. The van der Waals surface area contributed by atoms with Gasteiger partial charge in [0.25, 0.3) is 5.91 Å². The van der Waals surface area contributed by atoms with Gasteiger partial charge in [-0.3, -0.25) is 9.78 Å². The van der Waals surface area contributed by atoms with Crippen molar-refractivity contribution in [2.24, 2.45) is 0 Å². The van der Waals surface area contributed by atoms with Crippen LogP contribution in [0.2, 0.25) is 0 Å². The number of carbonyl (C=O) groups is 2. The van der Waals surface area contributed by atoms with E-state index in [0.29, 0.717) is 0 Å². The van der Waals surface area contributed by atoms with Gasteiger partial charge in [0.2, 0.25) is 0 Å². The summed E-state index contributed by atoms with van der Waals surface area (Å²) in [6.45, 7) is -0.237. The van der Waals surface area contributed by atoms with Gasteiger partial charge in [0.1, 0.15) is 5.69 Å². The number of carboxylic acid groups (broad SMARTS) is 1. The Morgan fingerprint density at radius 1 is 1.42 bits per heavy atom. The van der Waals surface area contributed by atoms with Crippen LogP contribution in [0.4, 0.5) is 13.2 Å². The van der Waals surface area contributed by atoms with Crippen LogP contribution >= 0.6 is 11.8 Å². The predicted molar refractivity (Wildman–Crippen MR) is 62.0 cm³/mol. The average Bonchev–Trinajstić information content (AvgIpc) is 2.33. The van der Waals surface area contributed by atoms with Crippen LogP contribution in [0.15, 0.2) is 18.3 Å². The van der Waals surface area contributed by atoms with Crippen LogP contribution < -0.4 is 5.32 Å². The molecular formula is C10H9F3N2O3S. The van der Waals surface area contributed by atoms with E-state index in [1.807, 2.05) is 0 Å². The number of hydrogen-bond acceptors (Lipinski definition) is 4. The topological polar surface area (TPSA) is 79.3 Å². The molecule has 0 atom stereocenters. The lowest BCUT2D eigenvalue weighted by molar-refractivity contribution is -0.0327. The highest BCUT2D eigenvalue weighted by molar-refractivity contribution is 8.00. The van der Waals surface area contributed by atoms with Crippen molar-refractivity contribution in [3.63, 3.8) is 0 Å². The van der Waals surface area contributed by atoms with Gasteiger partial charge < -0.3 is 10.4 Å². The number of aromatic nitrogens is 1. The van der Waals surface area contributed by atoms with E-state index >= 15 is 0 Å². The number of carboxylic acids is 1. The van der Waals surface area contributed by atoms with Crippen LogP contribution in [0.1, 0.15) is 20.8 Å². The Morgan fingerprint density at radius 3 is 2.68 bits per heavy atom. The maximum Gasteiger partial charge on any atom is 0.441 e. The van der Waals surface area contributed by atoms with Gasteiger partial charge in [0.15, 0.2) is 0 Å². The van der Waals surface area contributed by atoms with E-state index in [4.69, 9.17) is 5.11 Å². The molecule has 0 fully saturated rings. The van der Waals surface area contributed by atoms with E-state index in [1.165, 1.54) is 18.3 Å². The summed E-state index contributed by atoms with van der Waals surface area (Å²) in [4.78, 5) is 26.0. The first-order valence-corrected chi connectivity index (χ1v) is 5.97. The highest BCUT2D eigenvalue weighted by atomic mass is 32.2. The van der Waals surface area contributed by atoms with Gasteiger partial charge in [-0.15, -0.1) is 0 Å². The minimum Gasteiger partial charge on any atom is -0.478 e. The predicted octanol–water partition coefficient (Wildman–Crippen LogP) is 1.76. The first-order valence-electron chi connectivity index (χ1n) is 4.98. The van der Waals surface area contributed by atoms with Crippen molar-refractivity contribution in [2.45, 2.75) is 5.51 Å². The first kappa shape index (κ1) is 15.3. The van der Waals surface area contributed by atoms with Crippen molar-refractivity contribution in [1.82, 2.24) is 10.3 Å². The minimum absolute atomic E-state index is 0.237. The van der Waals surface area contributed by atoms with Crippen LogP contribution in [-0.4, -0.2) is 39.8 Å². The van der Waals surface area contributed by atoms with Gasteiger partial charge in [0.05, 0.1) is 5.56 Å². The Bertz CT molecular complexity index is 479. The Hall–Kier alpha value is -1.77. The van der Waals surface area contributed by atoms with Crippen molar-refractivity contribution in [1.29, 1.82) is 0 Å². The third kappa shape index (κ3) is 5.16. The summed E-state index contributed by atoms with van der Waals surface area (Å²) >= 11 is -0.270. The molecule has 0 unspecified atom stereocenters. The molecule has 0 spiro atoms. The molecular weight excluding hydrogens is 285 g/mol. The largest absolute Gasteiger partial charge is 0.478 e. The third-order valence-corrected chi connectivity index (χ3v) is 2.64. The second kappa shape index (κ2) is 6.41. The zero-order valence-corrected chi connectivity index (χ0v) is 10.2. The van der Waals surface area contributed by atoms with Crippen LogP contribution in [0.5, 0.6) is 0 Å². The summed E-state index contributed by atoms with van der Waals surface area (Å²) < 4.78 is 35.5. The van der Waals surface area contributed by atoms with Crippen molar-refractivity contribution in [3.05, 3.63) is 29.6 Å². The number of rotatable bonds is 5. The maximum atomic E-state index is 11.8. The van der Waals surface area contributed by atoms with Gasteiger partial charge in [-0.1, -0.05) is 0 Å². The lowest BCUT2D eigenvalue weighted by atomic mass is 10.2. The molecule has 0 aliphatic heterocycles. The Labute approximate surface area is 110 Å². The van der Waals surface area contributed by atoms with Crippen molar-refractivity contribution >= 4 is 23.6 Å². The molecule has 0 aliphatic carbocycles. The molecule has 9 heteroatoms. The van der Waals surface area contributed by atoms with Crippen LogP contribution in [0.3, 0.4) is 0 Å². The van der Waals surface area contributed by atoms with Crippen LogP contribution in [0.25, 0.3) is 0 Å². The monoisotopic (exact) mass is 294 g/mol. The SMILES string of the molecule is O=C(O)c1cccnc1C(=O)NCCSC(F)(F)F. The van der Waals surface area contributed by atoms with Gasteiger partial charge in [0, 0.05) is 18.5 Å². The van der Waals surface area contributed by atoms with Gasteiger partial charge in [-0.05, 0) is 23.9 Å². The second-order valence-corrected chi connectivity index (χ2v) is 4.41. The zero-order valence-electron chi connectivity index (χ0n) is 9.40. The number of aromatic carboxylic acids is 1. The summed E-state index contributed by atoms with van der Waals surface area (Å²) in [5, 5.41) is 11.0. The molecule has 0 aromatic carbocycles. The molecule has 0 saturated heterocycles. The van der Waals surface area contributed by atoms with E-state index in [-0.39, 0.29) is 35.3 Å². The van der Waals surface area contributed by atoms with E-state index < -0.39 is 17.4 Å². The quantitative estimate of drug-likeness (QED) is 0.809. The molecule has 0 bridgehead atoms. The van der Waals surface area contributed by atoms with Gasteiger partial charge in [-0.25, -0.2) is 4.79 Å². The summed E-state index contributed by atoms with van der Waals surface area (Å²) in [5.41, 5.74) is -4.99. The van der Waals surface area contributed by atoms with E-state index in [0.717, 1.165) is 0 Å². The fourth-order valence-corrected chi connectivity index (χ4v) is 1.61. The zero-order chi connectivity index (χ0) is 14.5. The number of halogens is 3. The summed E-state index contributed by atoms with van der Waals surface area (Å²) in [5.74, 6) is -2.51. The summed E-state index contributed by atoms with van der Waals surface area (Å²) in [6.07, 6.45) is 1.23. The average molecular weight is 294 g/mol. The molecule has 1 amide bonds. The Kier molecular flexibility index (Phi) is 5.16. The second-order valence-electron chi connectivity index (χ2n) is 3.25. The first-order chi connectivity index (χ1) is 8.81. The normalized spacial score (nSPS) is 11.1. The lowest BCUT2D eigenvalue weighted by Gasteiger charge is -2.08. The van der Waals surface area contributed by atoms with E-state index in [1.54, 1.807) is 0 Å². The number of nitrogens with one attached hydrogen (secondary N) is 1. The fourth-order valence-electron chi connectivity index (χ4n) is 1.17. The number of nitrogens with zero attached hydrogens (tertiary/aromatic N) is 1. The molecule has 2 N–H and O–H groups in total. The molecule has 104 valence electrons. The third-order valence-electron chi connectivity index (χ3n) is 1.91. The van der Waals surface area contributed by atoms with Crippen molar-refractivity contribution in [3.8, 4) is 0 Å². The molecule has 1 aromatic heterocycles. The number of pyridine rings is 1.